The molecule has 0 spiro atoms. The SMILES string of the molecule is CC1(C)CCC(CN2CCN(c3ccc(C(=O)NS(=O)(=O)c4ccc(NCC5COCCO5)c([N+](=O)[O-])c4)c(N4CCCOc5nc6[nH]ccc6cc54)c3)CC2)=C(c2ccc(Cl)c(F)c2)C1. The number of sulfonamides is 1. The summed E-state index contributed by atoms with van der Waals surface area (Å²) in [7, 11) is -4.61. The first kappa shape index (κ1) is 45.4. The minimum absolute atomic E-state index is 0.0730. The van der Waals surface area contributed by atoms with Gasteiger partial charge in [-0.15, -0.1) is 0 Å². The number of anilines is 4. The third kappa shape index (κ3) is 9.83. The Balaban J connectivity index is 0.987. The number of carbonyl (C=O) groups is 1. The van der Waals surface area contributed by atoms with Crippen molar-refractivity contribution in [1.82, 2.24) is 19.6 Å². The van der Waals surface area contributed by atoms with E-state index >= 15 is 0 Å². The summed E-state index contributed by atoms with van der Waals surface area (Å²) in [6.07, 6.45) is 4.83. The normalized spacial score (nSPS) is 19.2. The Labute approximate surface area is 387 Å². The number of nitro groups is 1. The first-order valence-corrected chi connectivity index (χ1v) is 24.0. The molecule has 0 radical (unpaired) electrons. The Morgan fingerprint density at radius 2 is 1.85 bits per heavy atom. The molecular weight excluding hydrogens is 891 g/mol. The first-order chi connectivity index (χ1) is 31.7. The van der Waals surface area contributed by atoms with Crippen molar-refractivity contribution in [3.05, 3.63) is 111 Å². The Morgan fingerprint density at radius 1 is 1.02 bits per heavy atom. The predicted molar refractivity (Wildman–Crippen MR) is 251 cm³/mol. The maximum atomic E-state index is 14.7. The standard InChI is InChI=1S/C47H52ClFN8O8S/c1-47(2)12-10-32(37(26-47)30-4-8-38(48)39(49)22-30)28-54-15-17-55(18-16-54)33-5-7-36(41(24-33)56-14-3-19-65-46-43(56)23-31-11-13-50-44(31)52-46)45(58)53-66(61,62)35-6-9-40(42(25-35)57(59)60)51-27-34-29-63-20-21-64-34/h4-9,11,13,22-25,34,51H,3,10,12,14-21,26-29H2,1-2H3,(H,50,52)(H,53,58). The number of hydrogen-bond acceptors (Lipinski definition) is 13. The highest BCUT2D eigenvalue weighted by atomic mass is 35.5. The van der Waals surface area contributed by atoms with Crippen molar-refractivity contribution >= 4 is 72.6 Å². The molecule has 3 aliphatic heterocycles. The van der Waals surface area contributed by atoms with E-state index in [0.717, 1.165) is 61.6 Å². The second-order valence-corrected chi connectivity index (χ2v) is 20.0. The van der Waals surface area contributed by atoms with Crippen LogP contribution in [0, 0.1) is 21.3 Å². The van der Waals surface area contributed by atoms with Gasteiger partial charge >= 0.3 is 0 Å². The topological polar surface area (TPSA) is 185 Å². The number of nitrogens with zero attached hydrogens (tertiary/aromatic N) is 5. The van der Waals surface area contributed by atoms with Crippen LogP contribution >= 0.6 is 11.6 Å². The van der Waals surface area contributed by atoms with Crippen molar-refractivity contribution in [3.63, 3.8) is 0 Å². The number of allylic oxidation sites excluding steroid dienone is 1. The number of carbonyl (C=O) groups excluding carboxylic acids is 1. The minimum Gasteiger partial charge on any atom is -0.476 e. The fraction of sp³-hybridized carbons (Fsp3) is 0.404. The summed E-state index contributed by atoms with van der Waals surface area (Å²) in [5.41, 5.74) is 5.69. The molecule has 66 heavy (non-hydrogen) atoms. The quantitative estimate of drug-likeness (QED) is 0.0811. The van der Waals surface area contributed by atoms with E-state index in [1.165, 1.54) is 23.3 Å². The molecule has 1 amide bonds. The second-order valence-electron chi connectivity index (χ2n) is 17.9. The monoisotopic (exact) mass is 942 g/mol. The van der Waals surface area contributed by atoms with E-state index in [-0.39, 0.29) is 34.3 Å². The average Bonchev–Trinajstić information content (AvgIpc) is 3.67. The number of benzene rings is 3. The fourth-order valence-corrected chi connectivity index (χ4v) is 10.3. The molecule has 2 fully saturated rings. The molecule has 348 valence electrons. The number of amides is 1. The summed E-state index contributed by atoms with van der Waals surface area (Å²) in [4.78, 5) is 39.9. The van der Waals surface area contributed by atoms with E-state index < -0.39 is 37.3 Å². The molecule has 3 aromatic carbocycles. The smallest absolute Gasteiger partial charge is 0.293 e. The summed E-state index contributed by atoms with van der Waals surface area (Å²) in [6, 6.07) is 17.7. The van der Waals surface area contributed by atoms with E-state index in [1.807, 2.05) is 35.2 Å². The fourth-order valence-electron chi connectivity index (χ4n) is 9.17. The number of pyridine rings is 1. The van der Waals surface area contributed by atoms with Crippen LogP contribution < -0.4 is 24.6 Å². The number of nitrogens with one attached hydrogen (secondary N) is 3. The average molecular weight is 943 g/mol. The van der Waals surface area contributed by atoms with Crippen LogP contribution in [0.5, 0.6) is 5.88 Å². The lowest BCUT2D eigenvalue weighted by atomic mass is 9.72. The Hall–Kier alpha value is -5.79. The molecule has 16 nitrogen and oxygen atoms in total. The van der Waals surface area contributed by atoms with E-state index in [0.29, 0.717) is 75.4 Å². The predicted octanol–water partition coefficient (Wildman–Crippen LogP) is 7.92. The van der Waals surface area contributed by atoms with Gasteiger partial charge in [0, 0.05) is 69.2 Å². The third-order valence-electron chi connectivity index (χ3n) is 12.8. The van der Waals surface area contributed by atoms with Gasteiger partial charge in [-0.05, 0) is 96.8 Å². The summed E-state index contributed by atoms with van der Waals surface area (Å²) in [5, 5.41) is 16.1. The van der Waals surface area contributed by atoms with Crippen molar-refractivity contribution in [2.45, 2.75) is 50.5 Å². The Morgan fingerprint density at radius 3 is 2.62 bits per heavy atom. The maximum absolute atomic E-state index is 14.7. The Bertz CT molecular complexity index is 2810. The number of nitro benzene ring substituents is 1. The molecule has 2 saturated heterocycles. The maximum Gasteiger partial charge on any atom is 0.293 e. The molecule has 2 aromatic heterocycles. The van der Waals surface area contributed by atoms with Crippen LogP contribution in [0.3, 0.4) is 0 Å². The molecule has 0 bridgehead atoms. The summed E-state index contributed by atoms with van der Waals surface area (Å²) in [5.74, 6) is -0.969. The minimum atomic E-state index is -4.61. The van der Waals surface area contributed by atoms with Gasteiger partial charge in [0.05, 0.1) is 58.6 Å². The summed E-state index contributed by atoms with van der Waals surface area (Å²) in [6.45, 7) is 10.3. The van der Waals surface area contributed by atoms with Crippen LogP contribution in [0.1, 0.15) is 55.5 Å². The molecular formula is C47H52ClFN8O8S. The number of aromatic amines is 1. The van der Waals surface area contributed by atoms with Crippen molar-refractivity contribution in [1.29, 1.82) is 0 Å². The third-order valence-corrected chi connectivity index (χ3v) is 14.4. The van der Waals surface area contributed by atoms with Gasteiger partial charge < -0.3 is 34.3 Å². The van der Waals surface area contributed by atoms with Gasteiger partial charge in [-0.3, -0.25) is 19.8 Å². The molecule has 5 aromatic rings. The van der Waals surface area contributed by atoms with Crippen LogP contribution in [-0.4, -0.2) is 112 Å². The van der Waals surface area contributed by atoms with Gasteiger partial charge in [0.25, 0.3) is 21.6 Å². The molecule has 4 aliphatic rings. The highest BCUT2D eigenvalue weighted by molar-refractivity contribution is 7.90. The highest BCUT2D eigenvalue weighted by Gasteiger charge is 2.32. The summed E-state index contributed by atoms with van der Waals surface area (Å²) >= 11 is 6.06. The number of piperazine rings is 1. The van der Waals surface area contributed by atoms with Gasteiger partial charge in [-0.25, -0.2) is 17.5 Å². The van der Waals surface area contributed by atoms with Crippen LogP contribution in [0.15, 0.2) is 83.4 Å². The zero-order valence-electron chi connectivity index (χ0n) is 36.8. The lowest BCUT2D eigenvalue weighted by molar-refractivity contribution is -0.384. The van der Waals surface area contributed by atoms with Crippen molar-refractivity contribution in [3.8, 4) is 5.88 Å². The number of H-pyrrole nitrogens is 1. The molecule has 3 N–H and O–H groups in total. The molecule has 19 heteroatoms. The van der Waals surface area contributed by atoms with Crippen molar-refractivity contribution < 1.29 is 36.7 Å². The first-order valence-electron chi connectivity index (χ1n) is 22.2. The van der Waals surface area contributed by atoms with Crippen molar-refractivity contribution in [2.24, 2.45) is 5.41 Å². The molecule has 1 aliphatic carbocycles. The lowest BCUT2D eigenvalue weighted by Gasteiger charge is -2.39. The van der Waals surface area contributed by atoms with Crippen LogP contribution in [-0.2, 0) is 19.5 Å². The van der Waals surface area contributed by atoms with Crippen LogP contribution in [0.4, 0.5) is 32.8 Å². The number of ether oxygens (including phenoxy) is 3. The molecule has 5 heterocycles. The lowest BCUT2D eigenvalue weighted by Crippen LogP contribution is -2.47. The largest absolute Gasteiger partial charge is 0.476 e. The molecule has 9 rings (SSSR count). The Kier molecular flexibility index (Phi) is 12.9. The summed E-state index contributed by atoms with van der Waals surface area (Å²) < 4.78 is 61.8. The number of hydrogen-bond donors (Lipinski definition) is 3. The zero-order valence-corrected chi connectivity index (χ0v) is 38.4. The number of aromatic nitrogens is 2. The zero-order chi connectivity index (χ0) is 46.2. The molecule has 0 saturated carbocycles. The highest BCUT2D eigenvalue weighted by Crippen LogP contribution is 2.44. The number of rotatable bonds is 12. The van der Waals surface area contributed by atoms with Crippen LogP contribution in [0.25, 0.3) is 16.6 Å². The second kappa shape index (κ2) is 18.8. The van der Waals surface area contributed by atoms with E-state index in [9.17, 15) is 27.7 Å². The number of halogens is 2. The van der Waals surface area contributed by atoms with Crippen molar-refractivity contribution in [2.75, 3.05) is 87.4 Å². The van der Waals surface area contributed by atoms with Crippen LogP contribution in [0.2, 0.25) is 5.02 Å². The molecule has 1 atom stereocenters. The van der Waals surface area contributed by atoms with E-state index in [4.69, 9.17) is 30.8 Å². The van der Waals surface area contributed by atoms with Gasteiger partial charge in [0.2, 0.25) is 5.88 Å². The molecule has 1 unspecified atom stereocenters. The van der Waals surface area contributed by atoms with E-state index in [1.54, 1.807) is 24.4 Å². The van der Waals surface area contributed by atoms with Gasteiger partial charge in [0.15, 0.2) is 0 Å². The van der Waals surface area contributed by atoms with Gasteiger partial charge in [0.1, 0.15) is 22.8 Å². The van der Waals surface area contributed by atoms with Gasteiger partial charge in [-0.1, -0.05) is 37.1 Å². The van der Waals surface area contributed by atoms with E-state index in [2.05, 4.69) is 38.7 Å². The van der Waals surface area contributed by atoms with Gasteiger partial charge in [-0.2, -0.15) is 4.98 Å². The number of fused-ring (bicyclic) bond motifs is 2.